The summed E-state index contributed by atoms with van der Waals surface area (Å²) < 4.78 is 6.74. The van der Waals surface area contributed by atoms with Crippen LogP contribution in [0.2, 0.25) is 5.04 Å². The number of benzene rings is 2. The maximum atomic E-state index is 9.42. The maximum Gasteiger partial charge on any atom is 0.261 e. The van der Waals surface area contributed by atoms with Gasteiger partial charge in [-0.1, -0.05) is 81.4 Å². The van der Waals surface area contributed by atoms with Crippen molar-refractivity contribution in [2.24, 2.45) is 0 Å². The fourth-order valence-corrected chi connectivity index (χ4v) is 7.82. The number of nitrogens with one attached hydrogen (secondary N) is 1. The van der Waals surface area contributed by atoms with Crippen LogP contribution in [0.15, 0.2) is 60.7 Å². The molecule has 3 nitrogen and oxygen atoms in total. The highest BCUT2D eigenvalue weighted by atomic mass is 28.4. The third-order valence-corrected chi connectivity index (χ3v) is 9.35. The van der Waals surface area contributed by atoms with E-state index in [4.69, 9.17) is 4.43 Å². The molecule has 0 aromatic heterocycles. The highest BCUT2D eigenvalue weighted by molar-refractivity contribution is 6.99. The fourth-order valence-electron chi connectivity index (χ4n) is 3.08. The summed E-state index contributed by atoms with van der Waals surface area (Å²) in [6, 6.07) is 21.1. The van der Waals surface area contributed by atoms with E-state index in [1.807, 2.05) is 26.0 Å². The van der Waals surface area contributed by atoms with Gasteiger partial charge in [-0.15, -0.1) is 0 Å². The van der Waals surface area contributed by atoms with Crippen molar-refractivity contribution < 1.29 is 9.63 Å². The molecule has 0 aliphatic rings. The van der Waals surface area contributed by atoms with Gasteiger partial charge in [-0.05, 0) is 29.3 Å². The van der Waals surface area contributed by atoms with Gasteiger partial charge in [0.25, 0.3) is 8.32 Å². The summed E-state index contributed by atoms with van der Waals surface area (Å²) in [7, 11) is -2.53. The monoisotopic (exact) mass is 343 g/mol. The Bertz CT molecular complexity index is 596. The van der Waals surface area contributed by atoms with E-state index in [2.05, 4.69) is 74.8 Å². The van der Waals surface area contributed by atoms with Gasteiger partial charge in [0.2, 0.25) is 0 Å². The summed E-state index contributed by atoms with van der Waals surface area (Å²) in [6.45, 7) is 11.0. The first-order valence-electron chi connectivity index (χ1n) is 8.39. The molecule has 0 spiro atoms. The van der Waals surface area contributed by atoms with Gasteiger partial charge in [-0.2, -0.15) is 5.48 Å². The van der Waals surface area contributed by atoms with E-state index in [0.29, 0.717) is 6.61 Å². The molecular weight excluding hydrogens is 314 g/mol. The SMILES string of the molecule is CC(C)(CO[Si](c1ccccc1)(c1ccccc1)C(C)(C)C)NO. The second-order valence-electron chi connectivity index (χ2n) is 7.95. The lowest BCUT2D eigenvalue weighted by Gasteiger charge is -2.44. The Morgan fingerprint density at radius 2 is 1.25 bits per heavy atom. The molecule has 0 saturated carbocycles. The summed E-state index contributed by atoms with van der Waals surface area (Å²) in [4.78, 5) is 0. The fraction of sp³-hybridized carbons (Fsp3) is 0.400. The lowest BCUT2D eigenvalue weighted by Crippen LogP contribution is -2.68. The number of hydroxylamine groups is 1. The summed E-state index contributed by atoms with van der Waals surface area (Å²) in [5.41, 5.74) is 1.86. The molecule has 0 aliphatic carbocycles. The number of hydrogen-bond donors (Lipinski definition) is 2. The average molecular weight is 344 g/mol. The first-order valence-corrected chi connectivity index (χ1v) is 10.3. The van der Waals surface area contributed by atoms with Gasteiger partial charge in [-0.25, -0.2) is 0 Å². The predicted molar refractivity (Wildman–Crippen MR) is 103 cm³/mol. The first kappa shape index (κ1) is 18.9. The number of hydrogen-bond acceptors (Lipinski definition) is 3. The summed E-state index contributed by atoms with van der Waals surface area (Å²) in [5.74, 6) is 0. The van der Waals surface area contributed by atoms with Crippen LogP contribution in [0.3, 0.4) is 0 Å². The lowest BCUT2D eigenvalue weighted by atomic mass is 10.1. The van der Waals surface area contributed by atoms with Crippen LogP contribution >= 0.6 is 0 Å². The Balaban J connectivity index is 2.62. The van der Waals surface area contributed by atoms with E-state index in [0.717, 1.165) is 0 Å². The zero-order valence-corrected chi connectivity index (χ0v) is 16.3. The Hall–Kier alpha value is -1.46. The third-order valence-electron chi connectivity index (χ3n) is 4.37. The van der Waals surface area contributed by atoms with Gasteiger partial charge in [0.15, 0.2) is 0 Å². The molecule has 0 unspecified atom stereocenters. The quantitative estimate of drug-likeness (QED) is 0.624. The van der Waals surface area contributed by atoms with Crippen molar-refractivity contribution in [1.82, 2.24) is 5.48 Å². The van der Waals surface area contributed by atoms with Crippen LogP contribution in [-0.2, 0) is 4.43 Å². The van der Waals surface area contributed by atoms with Gasteiger partial charge in [0, 0.05) is 0 Å². The predicted octanol–water partition coefficient (Wildman–Crippen LogP) is 3.32. The molecule has 0 heterocycles. The second kappa shape index (κ2) is 7.19. The minimum Gasteiger partial charge on any atom is -0.405 e. The summed E-state index contributed by atoms with van der Waals surface area (Å²) >= 11 is 0. The van der Waals surface area contributed by atoms with Crippen LogP contribution < -0.4 is 15.9 Å². The Morgan fingerprint density at radius 1 is 0.833 bits per heavy atom. The molecule has 0 aliphatic heterocycles. The Labute approximate surface area is 146 Å². The molecule has 0 amide bonds. The van der Waals surface area contributed by atoms with Crippen molar-refractivity contribution in [3.8, 4) is 0 Å². The molecule has 0 saturated heterocycles. The van der Waals surface area contributed by atoms with Gasteiger partial charge in [0.05, 0.1) is 12.1 Å². The van der Waals surface area contributed by atoms with Gasteiger partial charge < -0.3 is 9.63 Å². The third kappa shape index (κ3) is 3.78. The molecule has 0 radical (unpaired) electrons. The Morgan fingerprint density at radius 3 is 1.58 bits per heavy atom. The van der Waals surface area contributed by atoms with Crippen LogP contribution in [0.5, 0.6) is 0 Å². The molecule has 0 bridgehead atoms. The van der Waals surface area contributed by atoms with Gasteiger partial charge in [-0.3, -0.25) is 0 Å². The van der Waals surface area contributed by atoms with Crippen LogP contribution in [-0.4, -0.2) is 25.7 Å². The van der Waals surface area contributed by atoms with Gasteiger partial charge >= 0.3 is 0 Å². The molecule has 2 rings (SSSR count). The highest BCUT2D eigenvalue weighted by Crippen LogP contribution is 2.37. The first-order chi connectivity index (χ1) is 11.2. The van der Waals surface area contributed by atoms with E-state index in [9.17, 15) is 5.21 Å². The van der Waals surface area contributed by atoms with Crippen LogP contribution in [0, 0.1) is 0 Å². The van der Waals surface area contributed by atoms with Crippen LogP contribution in [0.4, 0.5) is 0 Å². The zero-order chi connectivity index (χ0) is 17.8. The molecular formula is C20H29NO2Si. The van der Waals surface area contributed by atoms with Crippen molar-refractivity contribution in [3.63, 3.8) is 0 Å². The maximum absolute atomic E-state index is 9.42. The molecule has 0 fully saturated rings. The topological polar surface area (TPSA) is 41.5 Å². The molecule has 4 heteroatoms. The van der Waals surface area contributed by atoms with Gasteiger partial charge in [0.1, 0.15) is 0 Å². The summed E-state index contributed by atoms with van der Waals surface area (Å²) in [5, 5.41) is 11.9. The van der Waals surface area contributed by atoms with E-state index >= 15 is 0 Å². The molecule has 2 aromatic carbocycles. The number of rotatable bonds is 6. The van der Waals surface area contributed by atoms with Crippen molar-refractivity contribution in [2.45, 2.75) is 45.2 Å². The van der Waals surface area contributed by atoms with Crippen molar-refractivity contribution in [1.29, 1.82) is 0 Å². The minimum atomic E-state index is -2.53. The van der Waals surface area contributed by atoms with Crippen molar-refractivity contribution in [3.05, 3.63) is 60.7 Å². The van der Waals surface area contributed by atoms with Crippen LogP contribution in [0.25, 0.3) is 0 Å². The molecule has 2 aromatic rings. The zero-order valence-electron chi connectivity index (χ0n) is 15.3. The largest absolute Gasteiger partial charge is 0.405 e. The Kier molecular flexibility index (Phi) is 5.66. The van der Waals surface area contributed by atoms with E-state index in [1.165, 1.54) is 10.4 Å². The highest BCUT2D eigenvalue weighted by Gasteiger charge is 2.50. The molecule has 130 valence electrons. The van der Waals surface area contributed by atoms with E-state index in [1.54, 1.807) is 0 Å². The van der Waals surface area contributed by atoms with Crippen LogP contribution in [0.1, 0.15) is 34.6 Å². The normalized spacial score (nSPS) is 13.1. The average Bonchev–Trinajstić information content (AvgIpc) is 2.56. The summed E-state index contributed by atoms with van der Waals surface area (Å²) in [6.07, 6.45) is 0. The molecule has 2 N–H and O–H groups in total. The van der Waals surface area contributed by atoms with Crippen molar-refractivity contribution >= 4 is 18.7 Å². The standard InChI is InChI=1S/C20H29NO2Si/c1-19(2,3)24(17-12-8-6-9-13-17,18-14-10-7-11-15-18)23-16-20(4,5)21-22/h6-15,21-22H,16H2,1-5H3. The van der Waals surface area contributed by atoms with Crippen molar-refractivity contribution in [2.75, 3.05) is 6.61 Å². The lowest BCUT2D eigenvalue weighted by molar-refractivity contribution is 0.0477. The van der Waals surface area contributed by atoms with E-state index in [-0.39, 0.29) is 5.04 Å². The molecule has 0 atom stereocenters. The van der Waals surface area contributed by atoms with E-state index < -0.39 is 13.9 Å². The molecule has 24 heavy (non-hydrogen) atoms. The smallest absolute Gasteiger partial charge is 0.261 e. The second-order valence-corrected chi connectivity index (χ2v) is 12.3. The minimum absolute atomic E-state index is 0.0543.